The summed E-state index contributed by atoms with van der Waals surface area (Å²) in [6.45, 7) is 7.81. The number of rotatable bonds is 7. The van der Waals surface area contributed by atoms with Crippen LogP contribution in [0.3, 0.4) is 0 Å². The van der Waals surface area contributed by atoms with Crippen LogP contribution in [0.1, 0.15) is 55.5 Å². The summed E-state index contributed by atoms with van der Waals surface area (Å²) in [4.78, 5) is 28.0. The Hall–Kier alpha value is -2.20. The number of carbonyl (C=O) groups is 1. The van der Waals surface area contributed by atoms with E-state index in [2.05, 4.69) is 13.8 Å². The molecule has 0 unspecified atom stereocenters. The van der Waals surface area contributed by atoms with Crippen molar-refractivity contribution in [3.05, 3.63) is 57.7 Å². The van der Waals surface area contributed by atoms with E-state index in [0.717, 1.165) is 59.1 Å². The smallest absolute Gasteiger partial charge is 0.253 e. The second kappa shape index (κ2) is 8.66. The van der Waals surface area contributed by atoms with E-state index in [1.165, 1.54) is 0 Å². The monoisotopic (exact) mass is 381 g/mol. The molecular weight excluding hydrogens is 354 g/mol. The molecule has 0 aliphatic heterocycles. The lowest BCUT2D eigenvalue weighted by atomic mass is 10.1. The normalized spacial score (nSPS) is 11.2. The largest absolute Gasteiger partial charge is 0.339 e. The molecule has 1 amide bonds. The van der Waals surface area contributed by atoms with E-state index in [-0.39, 0.29) is 11.3 Å². The lowest BCUT2D eigenvalue weighted by molar-refractivity contribution is 0.0751. The van der Waals surface area contributed by atoms with Crippen LogP contribution in [-0.4, -0.2) is 23.9 Å². The van der Waals surface area contributed by atoms with E-state index < -0.39 is 0 Å². The van der Waals surface area contributed by atoms with E-state index >= 15 is 0 Å². The van der Waals surface area contributed by atoms with Crippen LogP contribution in [-0.2, 0) is 0 Å². The first-order valence-corrected chi connectivity index (χ1v) is 10.6. The topological polar surface area (TPSA) is 37.4 Å². The Bertz CT molecular complexity index is 1010. The van der Waals surface area contributed by atoms with Crippen molar-refractivity contribution in [2.24, 2.45) is 0 Å². The Labute approximate surface area is 164 Å². The zero-order chi connectivity index (χ0) is 19.4. The fourth-order valence-corrected chi connectivity index (χ4v) is 4.33. The van der Waals surface area contributed by atoms with E-state index in [1.54, 1.807) is 17.4 Å². The van der Waals surface area contributed by atoms with Crippen molar-refractivity contribution in [1.82, 2.24) is 4.90 Å². The van der Waals surface area contributed by atoms with Gasteiger partial charge in [0.25, 0.3) is 5.91 Å². The predicted octanol–water partition coefficient (Wildman–Crippen LogP) is 5.77. The SMILES string of the molecule is CCCCN(CCCC)C(=O)c1ccc2sc3ccc(C)cc3c(=O)c2c1. The van der Waals surface area contributed by atoms with E-state index in [1.807, 2.05) is 42.2 Å². The Kier molecular flexibility index (Phi) is 6.27. The second-order valence-electron chi connectivity index (χ2n) is 7.14. The van der Waals surface area contributed by atoms with Crippen LogP contribution in [0.25, 0.3) is 20.2 Å². The highest BCUT2D eigenvalue weighted by Gasteiger charge is 2.16. The van der Waals surface area contributed by atoms with Crippen LogP contribution >= 0.6 is 11.3 Å². The third-order valence-electron chi connectivity index (χ3n) is 4.92. The number of fused-ring (bicyclic) bond motifs is 2. The first-order chi connectivity index (χ1) is 13.0. The van der Waals surface area contributed by atoms with Crippen LogP contribution in [0.5, 0.6) is 0 Å². The quantitative estimate of drug-likeness (QED) is 0.488. The molecule has 0 aliphatic rings. The summed E-state index contributed by atoms with van der Waals surface area (Å²) in [5, 5.41) is 1.39. The minimum atomic E-state index is 0.0192. The molecule has 0 atom stereocenters. The van der Waals surface area contributed by atoms with Gasteiger partial charge in [-0.2, -0.15) is 0 Å². The molecule has 0 aliphatic carbocycles. The standard InChI is InChI=1S/C23H27NO2S/c1-4-6-12-24(13-7-5-2)23(26)17-9-11-21-19(15-17)22(25)18-14-16(3)8-10-20(18)27-21/h8-11,14-15H,4-7,12-13H2,1-3H3. The lowest BCUT2D eigenvalue weighted by Crippen LogP contribution is -2.33. The van der Waals surface area contributed by atoms with Gasteiger partial charge in [-0.15, -0.1) is 11.3 Å². The van der Waals surface area contributed by atoms with Gasteiger partial charge < -0.3 is 4.90 Å². The molecule has 1 heterocycles. The maximum Gasteiger partial charge on any atom is 0.253 e. The number of nitrogens with zero attached hydrogens (tertiary/aromatic N) is 1. The Morgan fingerprint density at radius 1 is 0.926 bits per heavy atom. The molecule has 0 bridgehead atoms. The highest BCUT2D eigenvalue weighted by Crippen LogP contribution is 2.26. The average molecular weight is 382 g/mol. The summed E-state index contributed by atoms with van der Waals surface area (Å²) in [7, 11) is 0. The van der Waals surface area contributed by atoms with E-state index in [9.17, 15) is 9.59 Å². The Morgan fingerprint density at radius 2 is 1.52 bits per heavy atom. The van der Waals surface area contributed by atoms with Gasteiger partial charge in [0.2, 0.25) is 0 Å². The molecule has 4 heteroatoms. The highest BCUT2D eigenvalue weighted by atomic mass is 32.1. The van der Waals surface area contributed by atoms with Crippen LogP contribution < -0.4 is 5.43 Å². The third-order valence-corrected chi connectivity index (χ3v) is 6.07. The van der Waals surface area contributed by atoms with Crippen molar-refractivity contribution >= 4 is 37.4 Å². The molecule has 0 N–H and O–H groups in total. The minimum Gasteiger partial charge on any atom is -0.339 e. The maximum atomic E-state index is 13.1. The summed E-state index contributed by atoms with van der Waals surface area (Å²) in [5.41, 5.74) is 1.71. The first-order valence-electron chi connectivity index (χ1n) is 9.81. The van der Waals surface area contributed by atoms with Crippen LogP contribution in [0.4, 0.5) is 0 Å². The molecule has 0 saturated heterocycles. The maximum absolute atomic E-state index is 13.1. The van der Waals surface area contributed by atoms with Gasteiger partial charge in [0.15, 0.2) is 5.43 Å². The fraction of sp³-hybridized carbons (Fsp3) is 0.391. The molecule has 0 saturated carbocycles. The lowest BCUT2D eigenvalue weighted by Gasteiger charge is -2.22. The average Bonchev–Trinajstić information content (AvgIpc) is 2.68. The molecule has 27 heavy (non-hydrogen) atoms. The Morgan fingerprint density at radius 3 is 2.15 bits per heavy atom. The zero-order valence-corrected chi connectivity index (χ0v) is 17.2. The van der Waals surface area contributed by atoms with E-state index in [4.69, 9.17) is 0 Å². The van der Waals surface area contributed by atoms with E-state index in [0.29, 0.717) is 10.9 Å². The van der Waals surface area contributed by atoms with Crippen molar-refractivity contribution in [1.29, 1.82) is 0 Å². The summed E-state index contributed by atoms with van der Waals surface area (Å²) in [5.74, 6) is 0.0348. The number of unbranched alkanes of at least 4 members (excludes halogenated alkanes) is 2. The van der Waals surface area contributed by atoms with Gasteiger partial charge >= 0.3 is 0 Å². The molecule has 3 rings (SSSR count). The number of hydrogen-bond donors (Lipinski definition) is 0. The van der Waals surface area contributed by atoms with Crippen LogP contribution in [0.15, 0.2) is 41.2 Å². The summed E-state index contributed by atoms with van der Waals surface area (Å²) >= 11 is 1.61. The number of hydrogen-bond acceptors (Lipinski definition) is 3. The third kappa shape index (κ3) is 4.22. The van der Waals surface area contributed by atoms with Crippen LogP contribution in [0.2, 0.25) is 0 Å². The molecular formula is C23H27NO2S. The highest BCUT2D eigenvalue weighted by molar-refractivity contribution is 7.24. The number of benzene rings is 2. The van der Waals surface area contributed by atoms with Crippen molar-refractivity contribution in [2.45, 2.75) is 46.5 Å². The fourth-order valence-electron chi connectivity index (χ4n) is 3.30. The van der Waals surface area contributed by atoms with Gasteiger partial charge in [0.05, 0.1) is 0 Å². The van der Waals surface area contributed by atoms with Crippen molar-refractivity contribution in [2.75, 3.05) is 13.1 Å². The summed E-state index contributed by atoms with van der Waals surface area (Å²) in [6.07, 6.45) is 4.13. The molecule has 0 radical (unpaired) electrons. The molecule has 0 fully saturated rings. The molecule has 0 spiro atoms. The summed E-state index contributed by atoms with van der Waals surface area (Å²) in [6, 6.07) is 11.6. The van der Waals surface area contributed by atoms with Crippen molar-refractivity contribution in [3.63, 3.8) is 0 Å². The van der Waals surface area contributed by atoms with Gasteiger partial charge in [-0.3, -0.25) is 9.59 Å². The zero-order valence-electron chi connectivity index (χ0n) is 16.4. The summed E-state index contributed by atoms with van der Waals surface area (Å²) < 4.78 is 1.92. The molecule has 1 aromatic heterocycles. The minimum absolute atomic E-state index is 0.0192. The molecule has 142 valence electrons. The number of carbonyl (C=O) groups excluding carboxylic acids is 1. The second-order valence-corrected chi connectivity index (χ2v) is 8.22. The van der Waals surface area contributed by atoms with Crippen molar-refractivity contribution in [3.8, 4) is 0 Å². The van der Waals surface area contributed by atoms with Gasteiger partial charge in [0, 0.05) is 38.8 Å². The molecule has 3 nitrogen and oxygen atoms in total. The van der Waals surface area contributed by atoms with Crippen molar-refractivity contribution < 1.29 is 4.79 Å². The van der Waals surface area contributed by atoms with Gasteiger partial charge in [-0.1, -0.05) is 38.3 Å². The molecule has 3 aromatic rings. The van der Waals surface area contributed by atoms with Gasteiger partial charge in [-0.05, 0) is 50.1 Å². The first kappa shape index (κ1) is 19.6. The predicted molar refractivity (Wildman–Crippen MR) is 116 cm³/mol. The van der Waals surface area contributed by atoms with Gasteiger partial charge in [-0.25, -0.2) is 0 Å². The molecule has 2 aromatic carbocycles. The Balaban J connectivity index is 2.03. The van der Waals surface area contributed by atoms with Gasteiger partial charge in [0.1, 0.15) is 0 Å². The van der Waals surface area contributed by atoms with Crippen LogP contribution in [0, 0.1) is 6.92 Å². The number of amides is 1. The number of aryl methyl sites for hydroxylation is 1.